The van der Waals surface area contributed by atoms with Crippen molar-refractivity contribution in [2.75, 3.05) is 11.4 Å². The average molecular weight is 371 g/mol. The van der Waals surface area contributed by atoms with Crippen LogP contribution >= 0.6 is 31.9 Å². The lowest BCUT2D eigenvalue weighted by atomic mass is 10.2. The molecule has 2 nitrogen and oxygen atoms in total. The molecule has 2 rings (SSSR count). The highest BCUT2D eigenvalue weighted by molar-refractivity contribution is 9.11. The highest BCUT2D eigenvalue weighted by Gasteiger charge is 2.21. The molecular weight excluding hydrogens is 358 g/mol. The third-order valence-electron chi connectivity index (χ3n) is 2.82. The second-order valence-corrected chi connectivity index (χ2v) is 5.78. The zero-order chi connectivity index (χ0) is 13.1. The molecule has 0 N–H and O–H groups in total. The van der Waals surface area contributed by atoms with Crippen molar-refractivity contribution in [1.29, 1.82) is 0 Å². The summed E-state index contributed by atoms with van der Waals surface area (Å²) in [6, 6.07) is 5.96. The first-order chi connectivity index (χ1) is 8.63. The van der Waals surface area contributed by atoms with E-state index < -0.39 is 0 Å². The minimum Gasteiger partial charge on any atom is -0.339 e. The van der Waals surface area contributed by atoms with Gasteiger partial charge in [0.05, 0.1) is 5.69 Å². The van der Waals surface area contributed by atoms with Gasteiger partial charge in [-0.2, -0.15) is 0 Å². The summed E-state index contributed by atoms with van der Waals surface area (Å²) in [6.07, 6.45) is 4.97. The molecule has 1 aliphatic carbocycles. The first kappa shape index (κ1) is 13.6. The maximum atomic E-state index is 11.4. The SMILES string of the molecule is C=CCN(C1=CC(=O)CC1)c1c(Br)cccc1Br. The van der Waals surface area contributed by atoms with Crippen LogP contribution in [0.4, 0.5) is 5.69 Å². The third kappa shape index (κ3) is 2.75. The number of hydrogen-bond acceptors (Lipinski definition) is 2. The fraction of sp³-hybridized carbons (Fsp3) is 0.214. The molecule has 1 aliphatic rings. The number of carbonyl (C=O) groups is 1. The summed E-state index contributed by atoms with van der Waals surface area (Å²) < 4.78 is 2.00. The van der Waals surface area contributed by atoms with Crippen LogP contribution in [0.1, 0.15) is 12.8 Å². The topological polar surface area (TPSA) is 20.3 Å². The lowest BCUT2D eigenvalue weighted by Crippen LogP contribution is -2.22. The van der Waals surface area contributed by atoms with Crippen LogP contribution in [0.15, 0.2) is 51.6 Å². The van der Waals surface area contributed by atoms with E-state index in [1.807, 2.05) is 24.3 Å². The summed E-state index contributed by atoms with van der Waals surface area (Å²) in [5.74, 6) is 0.197. The number of anilines is 1. The molecule has 1 aromatic rings. The van der Waals surface area contributed by atoms with E-state index in [9.17, 15) is 4.79 Å². The quantitative estimate of drug-likeness (QED) is 0.729. The van der Waals surface area contributed by atoms with Gasteiger partial charge in [0.25, 0.3) is 0 Å². The Morgan fingerprint density at radius 3 is 2.44 bits per heavy atom. The number of benzene rings is 1. The smallest absolute Gasteiger partial charge is 0.157 e. The maximum absolute atomic E-state index is 11.4. The van der Waals surface area contributed by atoms with Crippen molar-refractivity contribution < 1.29 is 4.79 Å². The lowest BCUT2D eigenvalue weighted by Gasteiger charge is -2.26. The van der Waals surface area contributed by atoms with Crippen LogP contribution in [0, 0.1) is 0 Å². The van der Waals surface area contributed by atoms with Crippen molar-refractivity contribution in [2.45, 2.75) is 12.8 Å². The summed E-state index contributed by atoms with van der Waals surface area (Å²) >= 11 is 7.12. The van der Waals surface area contributed by atoms with E-state index >= 15 is 0 Å². The van der Waals surface area contributed by atoms with E-state index in [0.717, 1.165) is 26.8 Å². The van der Waals surface area contributed by atoms with Crippen molar-refractivity contribution in [1.82, 2.24) is 0 Å². The van der Waals surface area contributed by atoms with E-state index in [0.29, 0.717) is 13.0 Å². The summed E-state index contributed by atoms with van der Waals surface area (Å²) in [5.41, 5.74) is 2.09. The van der Waals surface area contributed by atoms with Gasteiger partial charge >= 0.3 is 0 Å². The van der Waals surface area contributed by atoms with Crippen molar-refractivity contribution in [3.63, 3.8) is 0 Å². The Morgan fingerprint density at radius 2 is 1.94 bits per heavy atom. The van der Waals surface area contributed by atoms with Gasteiger partial charge in [0.15, 0.2) is 5.78 Å². The molecule has 4 heteroatoms. The molecule has 0 unspecified atom stereocenters. The van der Waals surface area contributed by atoms with E-state index in [1.54, 1.807) is 6.08 Å². The number of nitrogens with zero attached hydrogens (tertiary/aromatic N) is 1. The Morgan fingerprint density at radius 1 is 1.28 bits per heavy atom. The molecule has 0 spiro atoms. The van der Waals surface area contributed by atoms with Gasteiger partial charge < -0.3 is 4.90 Å². The molecule has 0 atom stereocenters. The van der Waals surface area contributed by atoms with Crippen LogP contribution in [0.25, 0.3) is 0 Å². The van der Waals surface area contributed by atoms with Gasteiger partial charge in [0.2, 0.25) is 0 Å². The van der Waals surface area contributed by atoms with Crippen LogP contribution in [0.2, 0.25) is 0 Å². The first-order valence-electron chi connectivity index (χ1n) is 5.69. The van der Waals surface area contributed by atoms with Crippen LogP contribution in [-0.4, -0.2) is 12.3 Å². The highest BCUT2D eigenvalue weighted by atomic mass is 79.9. The van der Waals surface area contributed by atoms with Crippen molar-refractivity contribution in [3.8, 4) is 0 Å². The molecule has 94 valence electrons. The van der Waals surface area contributed by atoms with Crippen LogP contribution in [0.3, 0.4) is 0 Å². The fourth-order valence-corrected chi connectivity index (χ4v) is 3.45. The van der Waals surface area contributed by atoms with Gasteiger partial charge in [-0.1, -0.05) is 12.1 Å². The van der Waals surface area contributed by atoms with Gasteiger partial charge in [-0.05, 0) is 50.4 Å². The van der Waals surface area contributed by atoms with Crippen molar-refractivity contribution in [2.24, 2.45) is 0 Å². The number of allylic oxidation sites excluding steroid dienone is 2. The molecule has 0 radical (unpaired) electrons. The van der Waals surface area contributed by atoms with Crippen LogP contribution < -0.4 is 4.90 Å². The Balaban J connectivity index is 2.45. The zero-order valence-corrected chi connectivity index (χ0v) is 13.0. The molecule has 0 amide bonds. The van der Waals surface area contributed by atoms with Crippen molar-refractivity contribution in [3.05, 3.63) is 51.6 Å². The summed E-state index contributed by atoms with van der Waals surface area (Å²) in [6.45, 7) is 4.47. The molecule has 0 aromatic heterocycles. The van der Waals surface area contributed by atoms with Gasteiger partial charge in [-0.15, -0.1) is 6.58 Å². The monoisotopic (exact) mass is 369 g/mol. The lowest BCUT2D eigenvalue weighted by molar-refractivity contribution is -0.114. The van der Waals surface area contributed by atoms with Gasteiger partial charge in [-0.25, -0.2) is 0 Å². The molecule has 0 aliphatic heterocycles. The highest BCUT2D eigenvalue weighted by Crippen LogP contribution is 2.37. The van der Waals surface area contributed by atoms with Gasteiger partial charge in [-0.3, -0.25) is 4.79 Å². The largest absolute Gasteiger partial charge is 0.339 e. The molecule has 1 aromatic carbocycles. The molecule has 0 heterocycles. The number of hydrogen-bond donors (Lipinski definition) is 0. The number of para-hydroxylation sites is 1. The minimum atomic E-state index is 0.197. The Bertz CT molecular complexity index is 502. The molecule has 0 saturated carbocycles. The van der Waals surface area contributed by atoms with Gasteiger partial charge in [0, 0.05) is 33.7 Å². The van der Waals surface area contributed by atoms with Crippen LogP contribution in [0.5, 0.6) is 0 Å². The Kier molecular flexibility index (Phi) is 4.40. The predicted molar refractivity (Wildman–Crippen MR) is 81.7 cm³/mol. The Labute approximate surface area is 124 Å². The van der Waals surface area contributed by atoms with E-state index in [4.69, 9.17) is 0 Å². The molecule has 18 heavy (non-hydrogen) atoms. The molecule has 0 fully saturated rings. The number of rotatable bonds is 4. The predicted octanol–water partition coefficient (Wildman–Crippen LogP) is 4.45. The fourth-order valence-electron chi connectivity index (χ4n) is 2.02. The number of carbonyl (C=O) groups excluding carboxylic acids is 1. The number of ketones is 1. The minimum absolute atomic E-state index is 0.197. The zero-order valence-electron chi connectivity index (χ0n) is 9.83. The standard InChI is InChI=1S/C14H13Br2NO/c1-2-8-17(10-6-7-11(18)9-10)14-12(15)4-3-5-13(14)16/h2-5,9H,1,6-8H2. The second-order valence-electron chi connectivity index (χ2n) is 4.07. The third-order valence-corrected chi connectivity index (χ3v) is 4.10. The maximum Gasteiger partial charge on any atom is 0.157 e. The molecule has 0 bridgehead atoms. The van der Waals surface area contributed by atoms with Crippen LogP contribution in [-0.2, 0) is 4.79 Å². The Hall–Kier alpha value is -0.870. The number of halogens is 2. The average Bonchev–Trinajstić information content (AvgIpc) is 2.74. The van der Waals surface area contributed by atoms with Gasteiger partial charge in [0.1, 0.15) is 0 Å². The van der Waals surface area contributed by atoms with E-state index in [-0.39, 0.29) is 5.78 Å². The second kappa shape index (κ2) is 5.85. The summed E-state index contributed by atoms with van der Waals surface area (Å²) in [4.78, 5) is 13.5. The summed E-state index contributed by atoms with van der Waals surface area (Å²) in [5, 5.41) is 0. The first-order valence-corrected chi connectivity index (χ1v) is 7.28. The van der Waals surface area contributed by atoms with Crippen molar-refractivity contribution >= 4 is 43.3 Å². The van der Waals surface area contributed by atoms with E-state index in [1.165, 1.54) is 0 Å². The van der Waals surface area contributed by atoms with E-state index in [2.05, 4.69) is 43.3 Å². The normalized spacial score (nSPS) is 14.6. The molecular formula is C14H13Br2NO. The molecule has 0 saturated heterocycles. The summed E-state index contributed by atoms with van der Waals surface area (Å²) in [7, 11) is 0.